The van der Waals surface area contributed by atoms with Gasteiger partial charge in [-0.3, -0.25) is 9.36 Å². The lowest BCUT2D eigenvalue weighted by Gasteiger charge is -2.11. The largest absolute Gasteiger partial charge is 0.481 e. The second kappa shape index (κ2) is 4.66. The van der Waals surface area contributed by atoms with Gasteiger partial charge in [-0.2, -0.15) is 0 Å². The van der Waals surface area contributed by atoms with Gasteiger partial charge in [0.2, 0.25) is 0 Å². The Morgan fingerprint density at radius 2 is 2.28 bits per heavy atom. The van der Waals surface area contributed by atoms with Crippen LogP contribution in [-0.4, -0.2) is 29.4 Å². The van der Waals surface area contributed by atoms with Crippen molar-refractivity contribution in [1.29, 1.82) is 0 Å². The lowest BCUT2D eigenvalue weighted by atomic mass is 10.00. The molecule has 2 rings (SSSR count). The molecule has 1 unspecified atom stereocenters. The zero-order chi connectivity index (χ0) is 13.3. The topological polar surface area (TPSA) is 81.7 Å². The van der Waals surface area contributed by atoms with E-state index in [0.29, 0.717) is 16.7 Å². The number of fused-ring (bicyclic) bond motifs is 1. The normalized spacial score (nSPS) is 12.8. The summed E-state index contributed by atoms with van der Waals surface area (Å²) in [5.74, 6) is -2.20. The van der Waals surface area contributed by atoms with Crippen LogP contribution < -0.4 is 5.76 Å². The summed E-state index contributed by atoms with van der Waals surface area (Å²) < 4.78 is 11.2. The maximum Gasteiger partial charge on any atom is 0.419 e. The lowest BCUT2D eigenvalue weighted by molar-refractivity contribution is -0.140. The number of rotatable bonds is 4. The highest BCUT2D eigenvalue weighted by atomic mass is 16.5. The molecule has 96 valence electrons. The first-order valence-electron chi connectivity index (χ1n) is 5.36. The summed E-state index contributed by atoms with van der Waals surface area (Å²) >= 11 is 0. The summed E-state index contributed by atoms with van der Waals surface area (Å²) in [6, 6.07) is 4.86. The summed E-state index contributed by atoms with van der Waals surface area (Å²) in [6.45, 7) is 0.0760. The van der Waals surface area contributed by atoms with Crippen LogP contribution in [0.25, 0.3) is 11.1 Å². The molecule has 6 nitrogen and oxygen atoms in total. The van der Waals surface area contributed by atoms with Gasteiger partial charge in [-0.1, -0.05) is 6.07 Å². The Labute approximate surface area is 102 Å². The van der Waals surface area contributed by atoms with E-state index >= 15 is 0 Å². The quantitative estimate of drug-likeness (QED) is 0.874. The average molecular weight is 251 g/mol. The Morgan fingerprint density at radius 1 is 1.56 bits per heavy atom. The number of oxazole rings is 1. The van der Waals surface area contributed by atoms with E-state index < -0.39 is 17.6 Å². The highest BCUT2D eigenvalue weighted by molar-refractivity contribution is 5.80. The second-order valence-corrected chi connectivity index (χ2v) is 4.00. The Kier molecular flexibility index (Phi) is 3.20. The van der Waals surface area contributed by atoms with E-state index in [1.165, 1.54) is 11.7 Å². The van der Waals surface area contributed by atoms with Crippen LogP contribution in [-0.2, 0) is 16.6 Å². The van der Waals surface area contributed by atoms with E-state index in [-0.39, 0.29) is 6.61 Å². The van der Waals surface area contributed by atoms with Gasteiger partial charge < -0.3 is 14.3 Å². The standard InChI is InChI=1S/C12H13NO5/c1-13-9-5-7(8(6-17-2)11(14)15)3-4-10(9)18-12(13)16/h3-5,8H,6H2,1-2H3,(H,14,15). The molecule has 2 aromatic rings. The van der Waals surface area contributed by atoms with Gasteiger partial charge in [0.15, 0.2) is 5.58 Å². The van der Waals surface area contributed by atoms with Crippen LogP contribution in [0.2, 0.25) is 0 Å². The number of carboxylic acid groups (broad SMARTS) is 1. The van der Waals surface area contributed by atoms with Crippen LogP contribution in [0.3, 0.4) is 0 Å². The van der Waals surface area contributed by atoms with E-state index in [4.69, 9.17) is 14.3 Å². The highest BCUT2D eigenvalue weighted by Crippen LogP contribution is 2.21. The Bertz CT molecular complexity index is 639. The molecule has 1 atom stereocenters. The van der Waals surface area contributed by atoms with Gasteiger partial charge >= 0.3 is 11.7 Å². The summed E-state index contributed by atoms with van der Waals surface area (Å²) in [5.41, 5.74) is 1.58. The average Bonchev–Trinajstić information content (AvgIpc) is 2.62. The summed E-state index contributed by atoms with van der Waals surface area (Å²) in [7, 11) is 3.02. The zero-order valence-electron chi connectivity index (χ0n) is 10.0. The van der Waals surface area contributed by atoms with Gasteiger partial charge in [-0.25, -0.2) is 4.79 Å². The van der Waals surface area contributed by atoms with Crippen molar-refractivity contribution >= 4 is 17.1 Å². The molecule has 0 aliphatic rings. The number of ether oxygens (including phenoxy) is 1. The minimum Gasteiger partial charge on any atom is -0.481 e. The van der Waals surface area contributed by atoms with Gasteiger partial charge in [-0.05, 0) is 17.7 Å². The van der Waals surface area contributed by atoms with Crippen molar-refractivity contribution in [3.63, 3.8) is 0 Å². The summed E-state index contributed by atoms with van der Waals surface area (Å²) in [4.78, 5) is 22.5. The molecular weight excluding hydrogens is 238 g/mol. The molecule has 0 amide bonds. The van der Waals surface area contributed by atoms with Crippen molar-refractivity contribution in [2.45, 2.75) is 5.92 Å². The number of aryl methyl sites for hydroxylation is 1. The van der Waals surface area contributed by atoms with Crippen LogP contribution in [0.5, 0.6) is 0 Å². The predicted octanol–water partition coefficient (Wildman–Crippen LogP) is 0.946. The molecule has 0 fully saturated rings. The predicted molar refractivity (Wildman–Crippen MR) is 63.7 cm³/mol. The first-order chi connectivity index (χ1) is 8.54. The molecule has 6 heteroatoms. The zero-order valence-corrected chi connectivity index (χ0v) is 10.0. The Balaban J connectivity index is 2.54. The number of nitrogens with zero attached hydrogens (tertiary/aromatic N) is 1. The Morgan fingerprint density at radius 3 is 2.89 bits per heavy atom. The van der Waals surface area contributed by atoms with E-state index in [1.54, 1.807) is 25.2 Å². The third-order valence-corrected chi connectivity index (χ3v) is 2.85. The summed E-state index contributed by atoms with van der Waals surface area (Å²) in [6.07, 6.45) is 0. The molecule has 1 N–H and O–H groups in total. The van der Waals surface area contributed by atoms with Crippen molar-refractivity contribution in [3.8, 4) is 0 Å². The fourth-order valence-corrected chi connectivity index (χ4v) is 1.84. The van der Waals surface area contributed by atoms with Crippen LogP contribution >= 0.6 is 0 Å². The molecule has 0 aliphatic carbocycles. The monoisotopic (exact) mass is 251 g/mol. The first-order valence-corrected chi connectivity index (χ1v) is 5.36. The van der Waals surface area contributed by atoms with Crippen LogP contribution in [0.15, 0.2) is 27.4 Å². The molecule has 0 aliphatic heterocycles. The fraction of sp³-hybridized carbons (Fsp3) is 0.333. The fourth-order valence-electron chi connectivity index (χ4n) is 1.84. The molecule has 0 spiro atoms. The van der Waals surface area contributed by atoms with E-state index in [2.05, 4.69) is 0 Å². The molecule has 0 radical (unpaired) electrons. The molecule has 0 saturated carbocycles. The van der Waals surface area contributed by atoms with Crippen LogP contribution in [0.4, 0.5) is 0 Å². The molecule has 0 saturated heterocycles. The number of carboxylic acids is 1. The molecule has 1 aromatic heterocycles. The molecule has 0 bridgehead atoms. The molecule has 18 heavy (non-hydrogen) atoms. The summed E-state index contributed by atoms with van der Waals surface area (Å²) in [5, 5.41) is 9.13. The van der Waals surface area contributed by atoms with E-state index in [9.17, 15) is 9.59 Å². The minimum absolute atomic E-state index is 0.0760. The van der Waals surface area contributed by atoms with Crippen molar-refractivity contribution in [2.75, 3.05) is 13.7 Å². The maximum atomic E-state index is 11.3. The van der Waals surface area contributed by atoms with Crippen molar-refractivity contribution in [3.05, 3.63) is 34.3 Å². The minimum atomic E-state index is -0.968. The van der Waals surface area contributed by atoms with Gasteiger partial charge in [-0.15, -0.1) is 0 Å². The van der Waals surface area contributed by atoms with E-state index in [1.807, 2.05) is 0 Å². The highest BCUT2D eigenvalue weighted by Gasteiger charge is 2.21. The number of benzene rings is 1. The SMILES string of the molecule is COCC(C(=O)O)c1ccc2oc(=O)n(C)c2c1. The number of hydrogen-bond donors (Lipinski definition) is 1. The third-order valence-electron chi connectivity index (χ3n) is 2.85. The van der Waals surface area contributed by atoms with Crippen molar-refractivity contribution in [1.82, 2.24) is 4.57 Å². The van der Waals surface area contributed by atoms with Crippen molar-refractivity contribution in [2.24, 2.45) is 7.05 Å². The second-order valence-electron chi connectivity index (χ2n) is 4.00. The van der Waals surface area contributed by atoms with Gasteiger partial charge in [0.25, 0.3) is 0 Å². The van der Waals surface area contributed by atoms with Crippen LogP contribution in [0, 0.1) is 0 Å². The number of methoxy groups -OCH3 is 1. The molecule has 1 aromatic carbocycles. The molecule has 1 heterocycles. The number of carbonyl (C=O) groups is 1. The third kappa shape index (κ3) is 2.02. The smallest absolute Gasteiger partial charge is 0.419 e. The van der Waals surface area contributed by atoms with Gasteiger partial charge in [0.05, 0.1) is 12.1 Å². The van der Waals surface area contributed by atoms with Crippen molar-refractivity contribution < 1.29 is 19.1 Å². The first kappa shape index (κ1) is 12.4. The van der Waals surface area contributed by atoms with Crippen LogP contribution in [0.1, 0.15) is 11.5 Å². The number of aliphatic carboxylic acids is 1. The molecular formula is C12H13NO5. The maximum absolute atomic E-state index is 11.3. The number of hydrogen-bond acceptors (Lipinski definition) is 4. The van der Waals surface area contributed by atoms with Gasteiger partial charge in [0.1, 0.15) is 5.92 Å². The lowest BCUT2D eigenvalue weighted by Crippen LogP contribution is -2.17. The van der Waals surface area contributed by atoms with E-state index in [0.717, 1.165) is 0 Å². The Hall–Kier alpha value is -2.08. The van der Waals surface area contributed by atoms with Gasteiger partial charge in [0, 0.05) is 14.2 Å². The number of aromatic nitrogens is 1.